The van der Waals surface area contributed by atoms with Crippen LogP contribution in [0.3, 0.4) is 0 Å². The summed E-state index contributed by atoms with van der Waals surface area (Å²) in [7, 11) is 1.60. The van der Waals surface area contributed by atoms with Crippen molar-refractivity contribution in [2.24, 2.45) is 5.92 Å². The van der Waals surface area contributed by atoms with Gasteiger partial charge in [-0.3, -0.25) is 14.5 Å². The number of piperidine rings is 1. The fourth-order valence-electron chi connectivity index (χ4n) is 3.79. The molecule has 0 spiro atoms. The predicted octanol–water partition coefficient (Wildman–Crippen LogP) is 3.59. The van der Waals surface area contributed by atoms with Crippen molar-refractivity contribution in [3.63, 3.8) is 0 Å². The van der Waals surface area contributed by atoms with Gasteiger partial charge in [0.2, 0.25) is 11.8 Å². The summed E-state index contributed by atoms with van der Waals surface area (Å²) in [5.74, 6) is 1.08. The van der Waals surface area contributed by atoms with Gasteiger partial charge < -0.3 is 15.4 Å². The fourth-order valence-corrected chi connectivity index (χ4v) is 4.50. The molecule has 0 aliphatic carbocycles. The van der Waals surface area contributed by atoms with Crippen LogP contribution in [-0.2, 0) is 16.1 Å². The molecule has 3 rings (SSSR count). The SMILES string of the molecule is COc1ccc(C(CC(=O)Nc2nc(CN3CCCC(C)C3)cs2)NC(C)=O)cc1. The quantitative estimate of drug-likeness (QED) is 0.669. The van der Waals surface area contributed by atoms with E-state index in [4.69, 9.17) is 4.74 Å². The van der Waals surface area contributed by atoms with Gasteiger partial charge in [0, 0.05) is 25.4 Å². The molecule has 0 bridgehead atoms. The molecule has 1 aliphatic rings. The Morgan fingerprint density at radius 2 is 2.10 bits per heavy atom. The van der Waals surface area contributed by atoms with Crippen LogP contribution in [0.1, 0.15) is 50.4 Å². The van der Waals surface area contributed by atoms with Crippen LogP contribution in [0.5, 0.6) is 5.75 Å². The van der Waals surface area contributed by atoms with Gasteiger partial charge in [0.05, 0.1) is 25.3 Å². The van der Waals surface area contributed by atoms with Crippen LogP contribution < -0.4 is 15.4 Å². The molecular weight excluding hydrogens is 400 g/mol. The predicted molar refractivity (Wildman–Crippen MR) is 119 cm³/mol. The van der Waals surface area contributed by atoms with E-state index in [0.717, 1.165) is 42.6 Å². The van der Waals surface area contributed by atoms with Crippen molar-refractivity contribution in [1.82, 2.24) is 15.2 Å². The summed E-state index contributed by atoms with van der Waals surface area (Å²) in [6.07, 6.45) is 2.65. The van der Waals surface area contributed by atoms with Crippen molar-refractivity contribution in [3.8, 4) is 5.75 Å². The molecule has 2 aromatic rings. The highest BCUT2D eigenvalue weighted by molar-refractivity contribution is 7.13. The average molecular weight is 431 g/mol. The molecule has 1 aromatic heterocycles. The maximum Gasteiger partial charge on any atom is 0.228 e. The topological polar surface area (TPSA) is 83.6 Å². The van der Waals surface area contributed by atoms with Crippen LogP contribution in [0.4, 0.5) is 5.13 Å². The number of aromatic nitrogens is 1. The summed E-state index contributed by atoms with van der Waals surface area (Å²) < 4.78 is 5.18. The van der Waals surface area contributed by atoms with Crippen LogP contribution in [-0.4, -0.2) is 41.9 Å². The summed E-state index contributed by atoms with van der Waals surface area (Å²) in [4.78, 5) is 31.2. The number of carbonyl (C=O) groups excluding carboxylic acids is 2. The second-order valence-corrected chi connectivity index (χ2v) is 8.76. The number of hydrogen-bond donors (Lipinski definition) is 2. The smallest absolute Gasteiger partial charge is 0.228 e. The zero-order valence-electron chi connectivity index (χ0n) is 17.8. The molecule has 0 saturated carbocycles. The molecule has 2 atom stereocenters. The largest absolute Gasteiger partial charge is 0.497 e. The standard InChI is InChI=1S/C22H30N4O3S/c1-15-5-4-10-26(12-15)13-18-14-30-22(24-18)25-21(28)11-20(23-16(2)27)17-6-8-19(29-3)9-7-17/h6-9,14-15,20H,4-5,10-13H2,1-3H3,(H,23,27)(H,24,25,28). The Kier molecular flexibility index (Phi) is 7.81. The van der Waals surface area contributed by atoms with Gasteiger partial charge in [-0.25, -0.2) is 4.98 Å². The summed E-state index contributed by atoms with van der Waals surface area (Å²) in [5, 5.41) is 8.33. The number of methoxy groups -OCH3 is 1. The molecule has 1 aliphatic heterocycles. The van der Waals surface area contributed by atoms with Crippen molar-refractivity contribution in [2.75, 3.05) is 25.5 Å². The number of carbonyl (C=O) groups is 2. The Balaban J connectivity index is 1.58. The number of anilines is 1. The Bertz CT molecular complexity index is 852. The lowest BCUT2D eigenvalue weighted by molar-refractivity contribution is -0.120. The summed E-state index contributed by atoms with van der Waals surface area (Å²) in [6, 6.07) is 6.93. The number of likely N-dealkylation sites (tertiary alicyclic amines) is 1. The van der Waals surface area contributed by atoms with Crippen LogP contribution in [0.15, 0.2) is 29.6 Å². The molecule has 2 N–H and O–H groups in total. The van der Waals surface area contributed by atoms with Gasteiger partial charge in [-0.2, -0.15) is 0 Å². The van der Waals surface area contributed by atoms with Crippen molar-refractivity contribution in [3.05, 3.63) is 40.9 Å². The van der Waals surface area contributed by atoms with Crippen molar-refractivity contribution < 1.29 is 14.3 Å². The highest BCUT2D eigenvalue weighted by atomic mass is 32.1. The normalized spacial score (nSPS) is 17.9. The molecule has 30 heavy (non-hydrogen) atoms. The molecule has 1 aromatic carbocycles. The Morgan fingerprint density at radius 1 is 1.33 bits per heavy atom. The van der Waals surface area contributed by atoms with Crippen LogP contribution in [0.2, 0.25) is 0 Å². The zero-order chi connectivity index (χ0) is 21.5. The van der Waals surface area contributed by atoms with E-state index in [0.29, 0.717) is 5.13 Å². The van der Waals surface area contributed by atoms with E-state index in [1.54, 1.807) is 7.11 Å². The van der Waals surface area contributed by atoms with E-state index in [-0.39, 0.29) is 18.2 Å². The Labute approximate surface area is 181 Å². The second kappa shape index (κ2) is 10.5. The maximum absolute atomic E-state index is 12.6. The van der Waals surface area contributed by atoms with E-state index in [1.807, 2.05) is 29.6 Å². The summed E-state index contributed by atoms with van der Waals surface area (Å²) in [6.45, 7) is 6.75. The first-order valence-electron chi connectivity index (χ1n) is 10.3. The molecule has 0 radical (unpaired) electrons. The number of hydrogen-bond acceptors (Lipinski definition) is 6. The van der Waals surface area contributed by atoms with Gasteiger partial charge >= 0.3 is 0 Å². The van der Waals surface area contributed by atoms with Crippen molar-refractivity contribution >= 4 is 28.3 Å². The molecule has 8 heteroatoms. The molecule has 2 heterocycles. The number of amides is 2. The molecule has 1 saturated heterocycles. The molecule has 162 valence electrons. The minimum absolute atomic E-state index is 0.129. The van der Waals surface area contributed by atoms with E-state index in [9.17, 15) is 9.59 Å². The third-order valence-electron chi connectivity index (χ3n) is 5.21. The molecular formula is C22H30N4O3S. The summed E-state index contributed by atoms with van der Waals surface area (Å²) in [5.41, 5.74) is 1.83. The van der Waals surface area contributed by atoms with Crippen LogP contribution in [0.25, 0.3) is 0 Å². The van der Waals surface area contributed by atoms with E-state index in [2.05, 4.69) is 27.4 Å². The lowest BCUT2D eigenvalue weighted by Gasteiger charge is -2.30. The molecule has 2 unspecified atom stereocenters. The monoisotopic (exact) mass is 430 g/mol. The first-order chi connectivity index (χ1) is 14.4. The van der Waals surface area contributed by atoms with Gasteiger partial charge in [-0.15, -0.1) is 11.3 Å². The average Bonchev–Trinajstić information content (AvgIpc) is 3.13. The number of thiazole rings is 1. The highest BCUT2D eigenvalue weighted by Gasteiger charge is 2.20. The fraction of sp³-hybridized carbons (Fsp3) is 0.500. The van der Waals surface area contributed by atoms with Crippen LogP contribution in [0, 0.1) is 5.92 Å². The third kappa shape index (κ3) is 6.53. The molecule has 2 amide bonds. The van der Waals surface area contributed by atoms with Gasteiger partial charge in [0.15, 0.2) is 5.13 Å². The minimum Gasteiger partial charge on any atom is -0.497 e. The van der Waals surface area contributed by atoms with Gasteiger partial charge in [-0.1, -0.05) is 19.1 Å². The van der Waals surface area contributed by atoms with E-state index in [1.165, 1.54) is 31.1 Å². The highest BCUT2D eigenvalue weighted by Crippen LogP contribution is 2.23. The first kappa shape index (κ1) is 22.2. The van der Waals surface area contributed by atoms with E-state index >= 15 is 0 Å². The first-order valence-corrected chi connectivity index (χ1v) is 11.2. The Morgan fingerprint density at radius 3 is 2.77 bits per heavy atom. The van der Waals surface area contributed by atoms with Gasteiger partial charge in [-0.05, 0) is 43.0 Å². The number of ether oxygens (including phenoxy) is 1. The zero-order valence-corrected chi connectivity index (χ0v) is 18.6. The van der Waals surface area contributed by atoms with Gasteiger partial charge in [0.1, 0.15) is 5.75 Å². The number of nitrogens with one attached hydrogen (secondary N) is 2. The number of rotatable bonds is 8. The second-order valence-electron chi connectivity index (χ2n) is 7.91. The third-order valence-corrected chi connectivity index (χ3v) is 6.02. The molecule has 7 nitrogen and oxygen atoms in total. The van der Waals surface area contributed by atoms with E-state index < -0.39 is 6.04 Å². The van der Waals surface area contributed by atoms with Gasteiger partial charge in [0.25, 0.3) is 0 Å². The minimum atomic E-state index is -0.414. The van der Waals surface area contributed by atoms with Crippen molar-refractivity contribution in [1.29, 1.82) is 0 Å². The van der Waals surface area contributed by atoms with Crippen molar-refractivity contribution in [2.45, 2.75) is 45.7 Å². The lowest BCUT2D eigenvalue weighted by Crippen LogP contribution is -2.33. The van der Waals surface area contributed by atoms with Crippen LogP contribution >= 0.6 is 11.3 Å². The summed E-state index contributed by atoms with van der Waals surface area (Å²) >= 11 is 1.44. The molecule has 1 fully saturated rings. The number of benzene rings is 1. The lowest BCUT2D eigenvalue weighted by atomic mass is 10.0. The Hall–Kier alpha value is -2.45. The maximum atomic E-state index is 12.6. The number of nitrogens with zero attached hydrogens (tertiary/aromatic N) is 2.